The molecule has 1 aliphatic heterocycles. The van der Waals surface area contributed by atoms with Crippen molar-refractivity contribution >= 4 is 23.3 Å². The fourth-order valence-electron chi connectivity index (χ4n) is 3.59. The van der Waals surface area contributed by atoms with E-state index < -0.39 is 28.9 Å². The van der Waals surface area contributed by atoms with E-state index in [1.807, 2.05) is 25.7 Å². The third-order valence-corrected chi connectivity index (χ3v) is 4.47. The van der Waals surface area contributed by atoms with Gasteiger partial charge in [0.2, 0.25) is 0 Å². The Hall–Kier alpha value is -2.64. The fraction of sp³-hybridized carbons (Fsp3) is 0.600. The molecule has 0 radical (unpaired) electrons. The van der Waals surface area contributed by atoms with Gasteiger partial charge in [-0.1, -0.05) is 13.8 Å². The number of esters is 1. The number of rotatable bonds is 5. The van der Waals surface area contributed by atoms with Crippen molar-refractivity contribution in [2.45, 2.75) is 46.6 Å². The summed E-state index contributed by atoms with van der Waals surface area (Å²) in [6.07, 6.45) is 1.09. The molecule has 1 aliphatic rings. The number of benzene rings is 1. The topological polar surface area (TPSA) is 102 Å². The van der Waals surface area contributed by atoms with Crippen molar-refractivity contribution in [2.24, 2.45) is 11.8 Å². The molecule has 1 aromatic carbocycles. The maximum atomic E-state index is 12.2. The molecular weight excluding hydrogens is 362 g/mol. The van der Waals surface area contributed by atoms with Crippen molar-refractivity contribution < 1.29 is 19.2 Å². The van der Waals surface area contributed by atoms with Crippen LogP contribution in [0, 0.1) is 22.0 Å². The smallest absolute Gasteiger partial charge is 0.338 e. The number of carbonyl (C=O) groups is 2. The molecule has 1 saturated heterocycles. The van der Waals surface area contributed by atoms with Gasteiger partial charge in [0, 0.05) is 24.7 Å². The maximum Gasteiger partial charge on any atom is 0.338 e. The number of nitrogens with zero attached hydrogens (tertiary/aromatic N) is 2. The van der Waals surface area contributed by atoms with Crippen LogP contribution in [0.15, 0.2) is 18.2 Å². The van der Waals surface area contributed by atoms with Gasteiger partial charge in [-0.3, -0.25) is 14.9 Å². The van der Waals surface area contributed by atoms with Crippen LogP contribution in [0.4, 0.5) is 11.4 Å². The summed E-state index contributed by atoms with van der Waals surface area (Å²) in [5, 5.41) is 14.3. The van der Waals surface area contributed by atoms with Gasteiger partial charge in [-0.25, -0.2) is 4.79 Å². The summed E-state index contributed by atoms with van der Waals surface area (Å²) in [7, 11) is 0. The van der Waals surface area contributed by atoms with Crippen LogP contribution in [0.5, 0.6) is 0 Å². The van der Waals surface area contributed by atoms with Gasteiger partial charge < -0.3 is 15.0 Å². The number of amides is 1. The quantitative estimate of drug-likeness (QED) is 0.470. The zero-order valence-corrected chi connectivity index (χ0v) is 17.2. The Kier molecular flexibility index (Phi) is 6.64. The molecule has 8 heteroatoms. The van der Waals surface area contributed by atoms with Crippen LogP contribution in [0.25, 0.3) is 0 Å². The Morgan fingerprint density at radius 1 is 1.25 bits per heavy atom. The number of piperidine rings is 1. The van der Waals surface area contributed by atoms with Crippen molar-refractivity contribution in [3.63, 3.8) is 0 Å². The minimum absolute atomic E-state index is 0.0529. The first-order chi connectivity index (χ1) is 13.0. The second kappa shape index (κ2) is 8.58. The number of nitro groups is 1. The molecule has 0 aliphatic carbocycles. The van der Waals surface area contributed by atoms with E-state index in [4.69, 9.17) is 4.74 Å². The van der Waals surface area contributed by atoms with Gasteiger partial charge in [0.15, 0.2) is 6.61 Å². The number of hydrogen-bond donors (Lipinski definition) is 1. The van der Waals surface area contributed by atoms with Gasteiger partial charge in [-0.05, 0) is 51.2 Å². The molecule has 2 rings (SSSR count). The van der Waals surface area contributed by atoms with Crippen molar-refractivity contribution in [3.8, 4) is 0 Å². The van der Waals surface area contributed by atoms with E-state index in [1.165, 1.54) is 12.1 Å². The van der Waals surface area contributed by atoms with Gasteiger partial charge in [0.05, 0.1) is 10.5 Å². The normalized spacial score (nSPS) is 19.8. The van der Waals surface area contributed by atoms with Crippen LogP contribution in [0.3, 0.4) is 0 Å². The molecule has 0 aromatic heterocycles. The zero-order valence-electron chi connectivity index (χ0n) is 17.2. The second-order valence-corrected chi connectivity index (χ2v) is 8.69. The minimum atomic E-state index is -0.765. The number of hydrogen-bond acceptors (Lipinski definition) is 6. The van der Waals surface area contributed by atoms with E-state index in [2.05, 4.69) is 19.2 Å². The molecule has 2 atom stereocenters. The molecular formula is C20H29N3O5. The second-order valence-electron chi connectivity index (χ2n) is 8.69. The molecule has 1 N–H and O–H groups in total. The van der Waals surface area contributed by atoms with E-state index >= 15 is 0 Å². The standard InChI is InChI=1S/C20H29N3O5/c1-13-8-14(2)11-22(10-13)16-7-6-15(9-17(16)23(26)27)19(25)28-12-18(24)21-20(3,4)5/h6-7,9,13-14H,8,10-12H2,1-5H3,(H,21,24). The third kappa shape index (κ3) is 5.94. The molecule has 8 nitrogen and oxygen atoms in total. The highest BCUT2D eigenvalue weighted by Crippen LogP contribution is 2.34. The number of ether oxygens (including phenoxy) is 1. The molecule has 28 heavy (non-hydrogen) atoms. The molecule has 0 saturated carbocycles. The van der Waals surface area contributed by atoms with E-state index in [-0.39, 0.29) is 11.3 Å². The number of nitrogens with one attached hydrogen (secondary N) is 1. The summed E-state index contributed by atoms with van der Waals surface area (Å²) in [6.45, 7) is 10.7. The minimum Gasteiger partial charge on any atom is -0.452 e. The molecule has 1 aromatic rings. The molecule has 154 valence electrons. The Morgan fingerprint density at radius 2 is 1.86 bits per heavy atom. The average molecular weight is 391 g/mol. The Labute approximate surface area is 165 Å². The summed E-state index contributed by atoms with van der Waals surface area (Å²) in [4.78, 5) is 37.1. The zero-order chi connectivity index (χ0) is 21.1. The summed E-state index contributed by atoms with van der Waals surface area (Å²) in [6, 6.07) is 4.33. The summed E-state index contributed by atoms with van der Waals surface area (Å²) in [5.74, 6) is -0.314. The van der Waals surface area contributed by atoms with Gasteiger partial charge in [0.25, 0.3) is 11.6 Å². The lowest BCUT2D eigenvalue weighted by Gasteiger charge is -2.36. The molecule has 1 amide bonds. The van der Waals surface area contributed by atoms with Gasteiger partial charge in [0.1, 0.15) is 5.69 Å². The van der Waals surface area contributed by atoms with Crippen molar-refractivity contribution in [2.75, 3.05) is 24.6 Å². The van der Waals surface area contributed by atoms with E-state index in [1.54, 1.807) is 6.07 Å². The lowest BCUT2D eigenvalue weighted by Crippen LogP contribution is -2.42. The summed E-state index contributed by atoms with van der Waals surface area (Å²) < 4.78 is 5.00. The van der Waals surface area contributed by atoms with E-state index in [9.17, 15) is 19.7 Å². The number of carbonyl (C=O) groups excluding carboxylic acids is 2. The molecule has 1 heterocycles. The van der Waals surface area contributed by atoms with Crippen LogP contribution in [0.2, 0.25) is 0 Å². The van der Waals surface area contributed by atoms with Crippen molar-refractivity contribution in [1.82, 2.24) is 5.32 Å². The Morgan fingerprint density at radius 3 is 2.39 bits per heavy atom. The van der Waals surface area contributed by atoms with Gasteiger partial charge >= 0.3 is 5.97 Å². The first-order valence-electron chi connectivity index (χ1n) is 9.48. The summed E-state index contributed by atoms with van der Waals surface area (Å²) >= 11 is 0. The highest BCUT2D eigenvalue weighted by molar-refractivity contribution is 5.93. The highest BCUT2D eigenvalue weighted by Gasteiger charge is 2.28. The van der Waals surface area contributed by atoms with Crippen LogP contribution < -0.4 is 10.2 Å². The highest BCUT2D eigenvalue weighted by atomic mass is 16.6. The SMILES string of the molecule is CC1CC(C)CN(c2ccc(C(=O)OCC(=O)NC(C)(C)C)cc2[N+](=O)[O-])C1. The van der Waals surface area contributed by atoms with Crippen LogP contribution >= 0.6 is 0 Å². The molecule has 1 fully saturated rings. The molecule has 2 unspecified atom stereocenters. The lowest BCUT2D eigenvalue weighted by atomic mass is 9.91. The first kappa shape index (κ1) is 21.7. The molecule has 0 bridgehead atoms. The van der Waals surface area contributed by atoms with Gasteiger partial charge in [-0.2, -0.15) is 0 Å². The first-order valence-corrected chi connectivity index (χ1v) is 9.48. The van der Waals surface area contributed by atoms with Crippen LogP contribution in [0.1, 0.15) is 51.4 Å². The van der Waals surface area contributed by atoms with Crippen molar-refractivity contribution in [3.05, 3.63) is 33.9 Å². The number of nitro benzene ring substituents is 1. The fourth-order valence-corrected chi connectivity index (χ4v) is 3.59. The molecule has 0 spiro atoms. The third-order valence-electron chi connectivity index (χ3n) is 4.47. The van der Waals surface area contributed by atoms with E-state index in [0.29, 0.717) is 17.5 Å². The summed E-state index contributed by atoms with van der Waals surface area (Å²) in [5.41, 5.74) is -0.00968. The van der Waals surface area contributed by atoms with E-state index in [0.717, 1.165) is 19.5 Å². The van der Waals surface area contributed by atoms with Crippen LogP contribution in [-0.4, -0.2) is 42.0 Å². The Bertz CT molecular complexity index is 747. The predicted molar refractivity (Wildman–Crippen MR) is 106 cm³/mol. The van der Waals surface area contributed by atoms with Crippen LogP contribution in [-0.2, 0) is 9.53 Å². The largest absolute Gasteiger partial charge is 0.452 e. The number of anilines is 1. The lowest BCUT2D eigenvalue weighted by molar-refractivity contribution is -0.384. The van der Waals surface area contributed by atoms with Crippen molar-refractivity contribution in [1.29, 1.82) is 0 Å². The maximum absolute atomic E-state index is 12.2. The average Bonchev–Trinajstić information content (AvgIpc) is 2.56. The Balaban J connectivity index is 2.14. The van der Waals surface area contributed by atoms with Gasteiger partial charge in [-0.15, -0.1) is 0 Å². The monoisotopic (exact) mass is 391 g/mol. The predicted octanol–water partition coefficient (Wildman–Crippen LogP) is 3.15.